The van der Waals surface area contributed by atoms with Gasteiger partial charge in [-0.1, -0.05) is 48.0 Å². The van der Waals surface area contributed by atoms with Crippen LogP contribution in [0.15, 0.2) is 69.9 Å². The highest BCUT2D eigenvalue weighted by atomic mass is 35.5. The molecule has 3 aromatic carbocycles. The molecule has 0 amide bonds. The van der Waals surface area contributed by atoms with Gasteiger partial charge in [-0.3, -0.25) is 4.79 Å². The number of fused-ring (bicyclic) bond motifs is 1. The van der Waals surface area contributed by atoms with Gasteiger partial charge in [0, 0.05) is 27.4 Å². The summed E-state index contributed by atoms with van der Waals surface area (Å²) in [5.41, 5.74) is 3.95. The van der Waals surface area contributed by atoms with Crippen molar-refractivity contribution in [3.8, 4) is 11.3 Å². The van der Waals surface area contributed by atoms with Crippen LogP contribution in [-0.2, 0) is 0 Å². The second kappa shape index (κ2) is 8.52. The summed E-state index contributed by atoms with van der Waals surface area (Å²) in [5.74, 6) is -0.553. The van der Waals surface area contributed by atoms with Gasteiger partial charge in [0.15, 0.2) is 5.43 Å². The number of benzene rings is 3. The van der Waals surface area contributed by atoms with Gasteiger partial charge in [-0.25, -0.2) is 4.79 Å². The van der Waals surface area contributed by atoms with Crippen molar-refractivity contribution in [2.45, 2.75) is 26.8 Å². The van der Waals surface area contributed by atoms with E-state index in [9.17, 15) is 14.7 Å². The maximum absolute atomic E-state index is 13.2. The minimum absolute atomic E-state index is 0.0728. The third kappa shape index (κ3) is 3.99. The van der Waals surface area contributed by atoms with Crippen molar-refractivity contribution in [3.05, 3.63) is 98.2 Å². The maximum atomic E-state index is 13.2. The van der Waals surface area contributed by atoms with Crippen LogP contribution in [0.25, 0.3) is 22.3 Å². The lowest BCUT2D eigenvalue weighted by Gasteiger charge is -2.20. The highest BCUT2D eigenvalue weighted by Gasteiger charge is 2.20. The number of nitrogens with one attached hydrogen (secondary N) is 1. The molecule has 1 atom stereocenters. The summed E-state index contributed by atoms with van der Waals surface area (Å²) in [6, 6.07) is 17.6. The number of carboxylic acids is 1. The lowest BCUT2D eigenvalue weighted by Crippen LogP contribution is -2.14. The number of aromatic carboxylic acids is 1. The summed E-state index contributed by atoms with van der Waals surface area (Å²) in [7, 11) is 0. The minimum atomic E-state index is -1.08. The third-order valence-corrected chi connectivity index (χ3v) is 5.71. The Morgan fingerprint density at radius 3 is 2.47 bits per heavy atom. The molecule has 6 heteroatoms. The summed E-state index contributed by atoms with van der Waals surface area (Å²) < 4.78 is 6.32. The number of carboxylic acid groups (broad SMARTS) is 1. The quantitative estimate of drug-likeness (QED) is 0.360. The molecule has 0 aliphatic carbocycles. The van der Waals surface area contributed by atoms with Gasteiger partial charge in [-0.15, -0.1) is 0 Å². The van der Waals surface area contributed by atoms with Crippen molar-refractivity contribution in [1.82, 2.24) is 0 Å². The first-order valence-electron chi connectivity index (χ1n) is 10.2. The molecule has 0 aliphatic rings. The Labute approximate surface area is 190 Å². The van der Waals surface area contributed by atoms with Crippen molar-refractivity contribution in [2.75, 3.05) is 5.32 Å². The van der Waals surface area contributed by atoms with Crippen LogP contribution in [0.1, 0.15) is 40.0 Å². The van der Waals surface area contributed by atoms with Gasteiger partial charge in [0.1, 0.15) is 11.3 Å². The van der Waals surface area contributed by atoms with E-state index in [1.165, 1.54) is 6.07 Å². The predicted octanol–water partition coefficient (Wildman–Crippen LogP) is 6.60. The number of anilines is 1. The van der Waals surface area contributed by atoms with E-state index in [1.54, 1.807) is 19.1 Å². The SMILES string of the molecule is Cc1cc([C@@H](C)Nc2ccc(Cl)cc2C(=O)O)c2oc(-c3ccccc3)c(C)c(=O)c2c1. The molecule has 32 heavy (non-hydrogen) atoms. The molecular formula is C26H22ClNO4. The number of carbonyl (C=O) groups is 1. The lowest BCUT2D eigenvalue weighted by molar-refractivity contribution is 0.0698. The van der Waals surface area contributed by atoms with Crippen molar-refractivity contribution in [2.24, 2.45) is 0 Å². The fraction of sp³-hybridized carbons (Fsp3) is 0.154. The van der Waals surface area contributed by atoms with Crippen molar-refractivity contribution >= 4 is 34.2 Å². The maximum Gasteiger partial charge on any atom is 0.337 e. The Morgan fingerprint density at radius 2 is 1.78 bits per heavy atom. The molecule has 0 unspecified atom stereocenters. The first-order valence-corrected chi connectivity index (χ1v) is 10.6. The summed E-state index contributed by atoms with van der Waals surface area (Å²) in [6.07, 6.45) is 0. The topological polar surface area (TPSA) is 79.5 Å². The molecule has 0 fully saturated rings. The normalized spacial score (nSPS) is 12.0. The Morgan fingerprint density at radius 1 is 1.06 bits per heavy atom. The molecule has 5 nitrogen and oxygen atoms in total. The van der Waals surface area contributed by atoms with Crippen LogP contribution in [0.2, 0.25) is 5.02 Å². The molecule has 0 aliphatic heterocycles. The molecule has 1 heterocycles. The summed E-state index contributed by atoms with van der Waals surface area (Å²) in [5, 5.41) is 13.7. The number of hydrogen-bond donors (Lipinski definition) is 2. The van der Waals surface area contributed by atoms with Gasteiger partial charge >= 0.3 is 5.97 Å². The molecule has 4 rings (SSSR count). The average molecular weight is 448 g/mol. The Hall–Kier alpha value is -3.57. The largest absolute Gasteiger partial charge is 0.478 e. The molecule has 162 valence electrons. The first-order chi connectivity index (χ1) is 15.3. The van der Waals surface area contributed by atoms with Crippen LogP contribution in [0.5, 0.6) is 0 Å². The van der Waals surface area contributed by atoms with Crippen molar-refractivity contribution < 1.29 is 14.3 Å². The van der Waals surface area contributed by atoms with E-state index in [0.717, 1.165) is 16.7 Å². The van der Waals surface area contributed by atoms with Crippen LogP contribution in [0.3, 0.4) is 0 Å². The molecule has 0 saturated heterocycles. The number of hydrogen-bond acceptors (Lipinski definition) is 4. The molecule has 0 radical (unpaired) electrons. The second-order valence-electron chi connectivity index (χ2n) is 7.84. The van der Waals surface area contributed by atoms with E-state index in [2.05, 4.69) is 5.32 Å². The summed E-state index contributed by atoms with van der Waals surface area (Å²) in [4.78, 5) is 24.9. The summed E-state index contributed by atoms with van der Waals surface area (Å²) in [6.45, 7) is 5.58. The highest BCUT2D eigenvalue weighted by molar-refractivity contribution is 6.31. The van der Waals surface area contributed by atoms with Crippen LogP contribution in [0.4, 0.5) is 5.69 Å². The first kappa shape index (κ1) is 21.7. The zero-order valence-electron chi connectivity index (χ0n) is 17.9. The minimum Gasteiger partial charge on any atom is -0.478 e. The summed E-state index contributed by atoms with van der Waals surface area (Å²) >= 11 is 5.98. The van der Waals surface area contributed by atoms with Gasteiger partial charge in [0.2, 0.25) is 0 Å². The Kier molecular flexibility index (Phi) is 5.76. The molecule has 0 spiro atoms. The molecule has 1 aromatic heterocycles. The van der Waals surface area contributed by atoms with Gasteiger partial charge in [0.05, 0.1) is 17.0 Å². The number of rotatable bonds is 5. The fourth-order valence-electron chi connectivity index (χ4n) is 3.88. The Balaban J connectivity index is 1.88. The number of halogens is 1. The average Bonchev–Trinajstić information content (AvgIpc) is 2.77. The lowest BCUT2D eigenvalue weighted by atomic mass is 9.98. The monoisotopic (exact) mass is 447 g/mol. The molecule has 2 N–H and O–H groups in total. The van der Waals surface area contributed by atoms with E-state index >= 15 is 0 Å². The molecule has 4 aromatic rings. The number of aryl methyl sites for hydroxylation is 1. The zero-order chi connectivity index (χ0) is 23.0. The molecule has 0 bridgehead atoms. The zero-order valence-corrected chi connectivity index (χ0v) is 18.7. The van der Waals surface area contributed by atoms with Gasteiger partial charge < -0.3 is 14.8 Å². The fourth-order valence-corrected chi connectivity index (χ4v) is 4.06. The van der Waals surface area contributed by atoms with E-state index in [0.29, 0.717) is 33.0 Å². The van der Waals surface area contributed by atoms with Gasteiger partial charge in [0.25, 0.3) is 0 Å². The van der Waals surface area contributed by atoms with Crippen LogP contribution in [0, 0.1) is 13.8 Å². The van der Waals surface area contributed by atoms with E-state index in [4.69, 9.17) is 16.0 Å². The standard InChI is InChI=1S/C26H22ClNO4/c1-14-11-19(16(3)28-22-10-9-18(27)13-20(22)26(30)31)25-21(12-14)23(29)15(2)24(32-25)17-7-5-4-6-8-17/h4-13,16,28H,1-3H3,(H,30,31)/t16-/m1/s1. The smallest absolute Gasteiger partial charge is 0.337 e. The van der Waals surface area contributed by atoms with Crippen molar-refractivity contribution in [3.63, 3.8) is 0 Å². The van der Waals surface area contributed by atoms with Gasteiger partial charge in [-0.2, -0.15) is 0 Å². The molecular weight excluding hydrogens is 426 g/mol. The van der Waals surface area contributed by atoms with Gasteiger partial charge in [-0.05, 0) is 50.6 Å². The third-order valence-electron chi connectivity index (χ3n) is 5.48. The predicted molar refractivity (Wildman–Crippen MR) is 128 cm³/mol. The van der Waals surface area contributed by atoms with E-state index in [1.807, 2.05) is 56.3 Å². The van der Waals surface area contributed by atoms with E-state index < -0.39 is 5.97 Å². The highest BCUT2D eigenvalue weighted by Crippen LogP contribution is 2.33. The Bertz CT molecular complexity index is 1390. The second-order valence-corrected chi connectivity index (χ2v) is 8.28. The van der Waals surface area contributed by atoms with Crippen LogP contribution >= 0.6 is 11.6 Å². The molecule has 0 saturated carbocycles. The van der Waals surface area contributed by atoms with Crippen LogP contribution in [-0.4, -0.2) is 11.1 Å². The van der Waals surface area contributed by atoms with E-state index in [-0.39, 0.29) is 17.0 Å². The van der Waals surface area contributed by atoms with Crippen molar-refractivity contribution in [1.29, 1.82) is 0 Å². The van der Waals surface area contributed by atoms with Crippen LogP contribution < -0.4 is 10.7 Å².